The lowest BCUT2D eigenvalue weighted by molar-refractivity contribution is 0.0695. The average Bonchev–Trinajstić information content (AvgIpc) is 3.05. The Labute approximate surface area is 142 Å². The largest absolute Gasteiger partial charge is 0.478 e. The van der Waals surface area contributed by atoms with Gasteiger partial charge in [0.05, 0.1) is 11.6 Å². The van der Waals surface area contributed by atoms with Crippen molar-refractivity contribution in [2.45, 2.75) is 32.2 Å². The van der Waals surface area contributed by atoms with Crippen molar-refractivity contribution in [3.05, 3.63) is 76.4 Å². The fraction of sp³-hybridized carbons (Fsp3) is 0.286. The van der Waals surface area contributed by atoms with Crippen molar-refractivity contribution >= 4 is 11.7 Å². The van der Waals surface area contributed by atoms with Gasteiger partial charge < -0.3 is 10.4 Å². The van der Waals surface area contributed by atoms with Crippen LogP contribution in [0.15, 0.2) is 48.6 Å². The molecule has 0 saturated heterocycles. The van der Waals surface area contributed by atoms with E-state index in [9.17, 15) is 9.90 Å². The fourth-order valence-corrected chi connectivity index (χ4v) is 4.15. The van der Waals surface area contributed by atoms with Gasteiger partial charge in [-0.25, -0.2) is 4.79 Å². The second kappa shape index (κ2) is 5.52. The first-order valence-corrected chi connectivity index (χ1v) is 8.43. The summed E-state index contributed by atoms with van der Waals surface area (Å²) in [6, 6.07) is 12.5. The maximum absolute atomic E-state index is 11.7. The Morgan fingerprint density at radius 3 is 2.58 bits per heavy atom. The molecule has 0 saturated carbocycles. The highest BCUT2D eigenvalue weighted by molar-refractivity contribution is 5.93. The van der Waals surface area contributed by atoms with Crippen molar-refractivity contribution in [3.8, 4) is 0 Å². The quantitative estimate of drug-likeness (QED) is 0.780. The van der Waals surface area contributed by atoms with E-state index in [4.69, 9.17) is 0 Å². The summed E-state index contributed by atoms with van der Waals surface area (Å²) in [6.45, 7) is 4.14. The van der Waals surface area contributed by atoms with Gasteiger partial charge in [0.1, 0.15) is 0 Å². The Morgan fingerprint density at radius 1 is 1.12 bits per heavy atom. The summed E-state index contributed by atoms with van der Waals surface area (Å²) in [4.78, 5) is 11.7. The number of nitrogens with one attached hydrogen (secondary N) is 1. The molecule has 2 N–H and O–H groups in total. The van der Waals surface area contributed by atoms with Gasteiger partial charge in [0, 0.05) is 11.6 Å². The van der Waals surface area contributed by atoms with Gasteiger partial charge in [-0.1, -0.05) is 48.0 Å². The van der Waals surface area contributed by atoms with Gasteiger partial charge in [-0.05, 0) is 48.9 Å². The standard InChI is InChI=1S/C21H21NO2/c1-12-6-9-14(10-7-12)20-16-5-3-4-15(16)18-17(21(23)24)11-8-13(2)19(18)22-20/h3-4,6-11,15-16,20,22H,5H2,1-2H3,(H,23,24)/t15?,16?,20-/m1/s1. The van der Waals surface area contributed by atoms with Crippen LogP contribution in [0.25, 0.3) is 0 Å². The molecule has 24 heavy (non-hydrogen) atoms. The van der Waals surface area contributed by atoms with Crippen LogP contribution < -0.4 is 5.32 Å². The Morgan fingerprint density at radius 2 is 1.88 bits per heavy atom. The topological polar surface area (TPSA) is 49.3 Å². The number of aryl methyl sites for hydroxylation is 2. The summed E-state index contributed by atoms with van der Waals surface area (Å²) in [6.07, 6.45) is 5.36. The zero-order chi connectivity index (χ0) is 16.8. The molecule has 3 atom stereocenters. The molecule has 3 nitrogen and oxygen atoms in total. The minimum absolute atomic E-state index is 0.165. The van der Waals surface area contributed by atoms with Crippen LogP contribution in [0.5, 0.6) is 0 Å². The summed E-state index contributed by atoms with van der Waals surface area (Å²) in [5.74, 6) is -0.320. The third-order valence-corrected chi connectivity index (χ3v) is 5.39. The normalized spacial score (nSPS) is 24.2. The third kappa shape index (κ3) is 2.23. The van der Waals surface area contributed by atoms with Crippen LogP contribution in [0.2, 0.25) is 0 Å². The van der Waals surface area contributed by atoms with Crippen molar-refractivity contribution < 1.29 is 9.90 Å². The molecular formula is C21H21NO2. The fourth-order valence-electron chi connectivity index (χ4n) is 4.15. The molecule has 1 aliphatic carbocycles. The summed E-state index contributed by atoms with van der Waals surface area (Å²) < 4.78 is 0. The molecule has 0 radical (unpaired) electrons. The van der Waals surface area contributed by atoms with E-state index < -0.39 is 5.97 Å². The SMILES string of the molecule is Cc1ccc([C@H]2Nc3c(C)ccc(C(=O)O)c3C3C=CCC32)cc1. The minimum Gasteiger partial charge on any atom is -0.478 e. The second-order valence-electron chi connectivity index (χ2n) is 6.91. The summed E-state index contributed by atoms with van der Waals surface area (Å²) in [5, 5.41) is 13.3. The summed E-state index contributed by atoms with van der Waals surface area (Å²) in [7, 11) is 0. The van der Waals surface area contributed by atoms with E-state index in [0.717, 1.165) is 23.2 Å². The van der Waals surface area contributed by atoms with Crippen LogP contribution in [0.1, 0.15) is 51.0 Å². The van der Waals surface area contributed by atoms with Gasteiger partial charge in [-0.15, -0.1) is 0 Å². The Balaban J connectivity index is 1.86. The van der Waals surface area contributed by atoms with Crippen molar-refractivity contribution in [1.82, 2.24) is 0 Å². The molecule has 1 heterocycles. The predicted molar refractivity (Wildman–Crippen MR) is 95.7 cm³/mol. The Kier molecular flexibility index (Phi) is 3.45. The maximum atomic E-state index is 11.7. The highest BCUT2D eigenvalue weighted by atomic mass is 16.4. The van der Waals surface area contributed by atoms with Gasteiger partial charge in [0.25, 0.3) is 0 Å². The molecule has 0 amide bonds. The lowest BCUT2D eigenvalue weighted by Gasteiger charge is -2.39. The zero-order valence-corrected chi connectivity index (χ0v) is 13.9. The van der Waals surface area contributed by atoms with E-state index in [2.05, 4.69) is 48.7 Å². The molecule has 0 fully saturated rings. The smallest absolute Gasteiger partial charge is 0.336 e. The van der Waals surface area contributed by atoms with E-state index in [-0.39, 0.29) is 12.0 Å². The molecule has 0 bridgehead atoms. The third-order valence-electron chi connectivity index (χ3n) is 5.39. The number of hydrogen-bond acceptors (Lipinski definition) is 2. The highest BCUT2D eigenvalue weighted by Crippen LogP contribution is 2.51. The number of benzene rings is 2. The Bertz CT molecular complexity index is 836. The number of carbonyl (C=O) groups is 1. The van der Waals surface area contributed by atoms with Crippen molar-refractivity contribution in [2.24, 2.45) is 5.92 Å². The first-order chi connectivity index (χ1) is 11.6. The predicted octanol–water partition coefficient (Wildman–Crippen LogP) is 4.83. The summed E-state index contributed by atoms with van der Waals surface area (Å²) in [5.41, 5.74) is 5.99. The maximum Gasteiger partial charge on any atom is 0.336 e. The highest BCUT2D eigenvalue weighted by Gasteiger charge is 2.40. The van der Waals surface area contributed by atoms with Crippen LogP contribution in [0, 0.1) is 19.8 Å². The van der Waals surface area contributed by atoms with E-state index in [1.54, 1.807) is 6.07 Å². The first kappa shape index (κ1) is 15.0. The molecule has 2 aromatic rings. The molecule has 3 heteroatoms. The minimum atomic E-state index is -0.846. The summed E-state index contributed by atoms with van der Waals surface area (Å²) >= 11 is 0. The number of anilines is 1. The van der Waals surface area contributed by atoms with Crippen LogP contribution in [0.4, 0.5) is 5.69 Å². The number of fused-ring (bicyclic) bond motifs is 3. The molecular weight excluding hydrogens is 298 g/mol. The molecule has 4 rings (SSSR count). The molecule has 0 aromatic heterocycles. The molecule has 2 aliphatic rings. The van der Waals surface area contributed by atoms with Gasteiger partial charge in [-0.3, -0.25) is 0 Å². The van der Waals surface area contributed by atoms with Crippen molar-refractivity contribution in [1.29, 1.82) is 0 Å². The molecule has 1 aliphatic heterocycles. The number of hydrogen-bond donors (Lipinski definition) is 2. The van der Waals surface area contributed by atoms with E-state index in [0.29, 0.717) is 11.5 Å². The van der Waals surface area contributed by atoms with Gasteiger partial charge in [-0.2, -0.15) is 0 Å². The van der Waals surface area contributed by atoms with E-state index in [1.807, 2.05) is 13.0 Å². The lowest BCUT2D eigenvalue weighted by atomic mass is 9.74. The number of aromatic carboxylic acids is 1. The van der Waals surface area contributed by atoms with Crippen LogP contribution in [-0.2, 0) is 0 Å². The van der Waals surface area contributed by atoms with Gasteiger partial charge in [0.2, 0.25) is 0 Å². The first-order valence-electron chi connectivity index (χ1n) is 8.43. The Hall–Kier alpha value is -2.55. The van der Waals surface area contributed by atoms with Crippen LogP contribution in [-0.4, -0.2) is 11.1 Å². The van der Waals surface area contributed by atoms with Crippen molar-refractivity contribution in [2.75, 3.05) is 5.32 Å². The molecule has 2 unspecified atom stereocenters. The molecule has 2 aromatic carbocycles. The van der Waals surface area contributed by atoms with Gasteiger partial charge >= 0.3 is 5.97 Å². The van der Waals surface area contributed by atoms with E-state index in [1.165, 1.54) is 11.1 Å². The molecule has 122 valence electrons. The number of rotatable bonds is 2. The van der Waals surface area contributed by atoms with Gasteiger partial charge in [0.15, 0.2) is 0 Å². The second-order valence-corrected chi connectivity index (χ2v) is 6.91. The van der Waals surface area contributed by atoms with Crippen LogP contribution >= 0.6 is 0 Å². The monoisotopic (exact) mass is 319 g/mol. The number of carboxylic acid groups (broad SMARTS) is 1. The van der Waals surface area contributed by atoms with Crippen molar-refractivity contribution in [3.63, 3.8) is 0 Å². The van der Waals surface area contributed by atoms with Crippen LogP contribution in [0.3, 0.4) is 0 Å². The number of allylic oxidation sites excluding steroid dienone is 2. The molecule has 0 spiro atoms. The van der Waals surface area contributed by atoms with E-state index >= 15 is 0 Å². The average molecular weight is 319 g/mol. The lowest BCUT2D eigenvalue weighted by Crippen LogP contribution is -2.31. The zero-order valence-electron chi connectivity index (χ0n) is 13.9. The number of carboxylic acids is 1.